The second-order valence-electron chi connectivity index (χ2n) is 8.11. The molecule has 8 nitrogen and oxygen atoms in total. The van der Waals surface area contributed by atoms with E-state index >= 15 is 0 Å². The van der Waals surface area contributed by atoms with Crippen molar-refractivity contribution in [3.8, 4) is 11.6 Å². The second kappa shape index (κ2) is 10.6. The van der Waals surface area contributed by atoms with Crippen LogP contribution in [-0.4, -0.2) is 44.5 Å². The maximum absolute atomic E-state index is 12.9. The number of hydrogen-bond donors (Lipinski definition) is 1. The zero-order valence-electron chi connectivity index (χ0n) is 18.8. The van der Waals surface area contributed by atoms with E-state index in [0.29, 0.717) is 23.3 Å². The van der Waals surface area contributed by atoms with Crippen LogP contribution < -0.4 is 10.2 Å². The van der Waals surface area contributed by atoms with Crippen LogP contribution in [0, 0.1) is 0 Å². The Kier molecular flexibility index (Phi) is 6.90. The van der Waals surface area contributed by atoms with Crippen molar-refractivity contribution >= 4 is 29.2 Å². The van der Waals surface area contributed by atoms with Crippen LogP contribution in [-0.2, 0) is 11.3 Å². The van der Waals surface area contributed by atoms with Gasteiger partial charge in [-0.1, -0.05) is 42.1 Å². The smallest absolute Gasteiger partial charge is 0.234 e. The first-order chi connectivity index (χ1) is 16.8. The molecule has 1 aliphatic rings. The molecule has 0 aliphatic carbocycles. The van der Waals surface area contributed by atoms with Gasteiger partial charge in [0, 0.05) is 19.3 Å². The summed E-state index contributed by atoms with van der Waals surface area (Å²) in [5, 5.41) is 12.4. The van der Waals surface area contributed by atoms with Gasteiger partial charge >= 0.3 is 0 Å². The van der Waals surface area contributed by atoms with E-state index in [2.05, 4.69) is 37.5 Å². The number of furan rings is 1. The Hall–Kier alpha value is -3.59. The fourth-order valence-electron chi connectivity index (χ4n) is 4.06. The van der Waals surface area contributed by atoms with Crippen LogP contribution in [0.2, 0.25) is 0 Å². The number of thioether (sulfide) groups is 1. The standard InChI is InChI=1S/C25H26N6O2S/c32-22(27-20-11-7-13-26-23(20)30-14-5-2-6-15-30)18-34-25-29-28-24(21-12-8-16-33-21)31(25)17-19-9-3-1-4-10-19/h1,3-4,7-13,16H,2,5-6,14-15,17-18H2,(H,27,32). The summed E-state index contributed by atoms with van der Waals surface area (Å²) in [7, 11) is 0. The van der Waals surface area contributed by atoms with Crippen molar-refractivity contribution in [2.45, 2.75) is 31.0 Å². The number of hydrogen-bond acceptors (Lipinski definition) is 7. The van der Waals surface area contributed by atoms with Crippen molar-refractivity contribution < 1.29 is 9.21 Å². The highest BCUT2D eigenvalue weighted by Gasteiger charge is 2.20. The number of rotatable bonds is 8. The number of anilines is 2. The number of nitrogens with zero attached hydrogens (tertiary/aromatic N) is 5. The van der Waals surface area contributed by atoms with Crippen molar-refractivity contribution in [1.29, 1.82) is 0 Å². The predicted molar refractivity (Wildman–Crippen MR) is 133 cm³/mol. The quantitative estimate of drug-likeness (QED) is 0.370. The normalized spacial score (nSPS) is 13.7. The summed E-state index contributed by atoms with van der Waals surface area (Å²) >= 11 is 1.35. The molecule has 5 rings (SSSR count). The van der Waals surface area contributed by atoms with Gasteiger partial charge in [-0.2, -0.15) is 0 Å². The number of piperidine rings is 1. The highest BCUT2D eigenvalue weighted by Crippen LogP contribution is 2.28. The number of nitrogens with one attached hydrogen (secondary N) is 1. The maximum atomic E-state index is 12.9. The van der Waals surface area contributed by atoms with Crippen molar-refractivity contribution in [2.75, 3.05) is 29.1 Å². The number of pyridine rings is 1. The monoisotopic (exact) mass is 474 g/mol. The fourth-order valence-corrected chi connectivity index (χ4v) is 4.80. The maximum Gasteiger partial charge on any atom is 0.234 e. The lowest BCUT2D eigenvalue weighted by Gasteiger charge is -2.29. The van der Waals surface area contributed by atoms with Gasteiger partial charge in [-0.05, 0) is 49.1 Å². The van der Waals surface area contributed by atoms with Crippen molar-refractivity contribution in [1.82, 2.24) is 19.7 Å². The lowest BCUT2D eigenvalue weighted by molar-refractivity contribution is -0.113. The molecule has 1 saturated heterocycles. The molecule has 0 spiro atoms. The number of carbonyl (C=O) groups excluding carboxylic acids is 1. The summed E-state index contributed by atoms with van der Waals surface area (Å²) < 4.78 is 7.54. The Labute approximate surface area is 202 Å². The van der Waals surface area contributed by atoms with Crippen LogP contribution in [0.3, 0.4) is 0 Å². The highest BCUT2D eigenvalue weighted by atomic mass is 32.2. The summed E-state index contributed by atoms with van der Waals surface area (Å²) in [5.74, 6) is 2.22. The van der Waals surface area contributed by atoms with E-state index < -0.39 is 0 Å². The molecular weight excluding hydrogens is 448 g/mol. The van der Waals surface area contributed by atoms with Gasteiger partial charge in [-0.25, -0.2) is 4.98 Å². The van der Waals surface area contributed by atoms with Gasteiger partial charge in [-0.3, -0.25) is 9.36 Å². The van der Waals surface area contributed by atoms with Gasteiger partial charge < -0.3 is 14.6 Å². The first kappa shape index (κ1) is 22.2. The number of carbonyl (C=O) groups is 1. The van der Waals surface area contributed by atoms with Crippen LogP contribution in [0.25, 0.3) is 11.6 Å². The molecule has 174 valence electrons. The molecule has 4 heterocycles. The van der Waals surface area contributed by atoms with E-state index in [9.17, 15) is 4.79 Å². The van der Waals surface area contributed by atoms with Gasteiger partial charge in [-0.15, -0.1) is 10.2 Å². The van der Waals surface area contributed by atoms with E-state index in [1.807, 2.05) is 47.0 Å². The zero-order valence-corrected chi connectivity index (χ0v) is 19.6. The molecule has 0 atom stereocenters. The molecule has 1 N–H and O–H groups in total. The Bertz CT molecular complexity index is 1220. The molecular formula is C25H26N6O2S. The zero-order chi connectivity index (χ0) is 23.2. The summed E-state index contributed by atoms with van der Waals surface area (Å²) in [4.78, 5) is 19.7. The molecule has 1 fully saturated rings. The number of benzene rings is 1. The Balaban J connectivity index is 1.30. The lowest BCUT2D eigenvalue weighted by atomic mass is 10.1. The summed E-state index contributed by atoms with van der Waals surface area (Å²) in [6, 6.07) is 17.5. The van der Waals surface area contributed by atoms with Crippen LogP contribution in [0.15, 0.2) is 76.6 Å². The van der Waals surface area contributed by atoms with Gasteiger partial charge in [0.25, 0.3) is 0 Å². The van der Waals surface area contributed by atoms with E-state index in [0.717, 1.165) is 43.0 Å². The highest BCUT2D eigenvalue weighted by molar-refractivity contribution is 7.99. The van der Waals surface area contributed by atoms with Crippen LogP contribution >= 0.6 is 11.8 Å². The average Bonchev–Trinajstić information content (AvgIpc) is 3.54. The Morgan fingerprint density at radius 2 is 1.85 bits per heavy atom. The van der Waals surface area contributed by atoms with Crippen molar-refractivity contribution in [2.24, 2.45) is 0 Å². The molecule has 0 radical (unpaired) electrons. The van der Waals surface area contributed by atoms with Crippen molar-refractivity contribution in [3.63, 3.8) is 0 Å². The molecule has 1 aliphatic heterocycles. The van der Waals surface area contributed by atoms with Gasteiger partial charge in [0.15, 0.2) is 16.7 Å². The molecule has 0 bridgehead atoms. The predicted octanol–water partition coefficient (Wildman–Crippen LogP) is 4.70. The van der Waals surface area contributed by atoms with Gasteiger partial charge in [0.2, 0.25) is 11.7 Å². The second-order valence-corrected chi connectivity index (χ2v) is 9.06. The van der Waals surface area contributed by atoms with Gasteiger partial charge in [0.1, 0.15) is 0 Å². The molecule has 1 aromatic carbocycles. The minimum atomic E-state index is -0.106. The van der Waals surface area contributed by atoms with E-state index in [-0.39, 0.29) is 11.7 Å². The third-order valence-electron chi connectivity index (χ3n) is 5.69. The Morgan fingerprint density at radius 1 is 1.00 bits per heavy atom. The molecule has 1 amide bonds. The molecule has 34 heavy (non-hydrogen) atoms. The first-order valence-electron chi connectivity index (χ1n) is 11.4. The molecule has 3 aromatic heterocycles. The van der Waals surface area contributed by atoms with Crippen LogP contribution in [0.4, 0.5) is 11.5 Å². The van der Waals surface area contributed by atoms with E-state index in [1.54, 1.807) is 12.5 Å². The lowest BCUT2D eigenvalue weighted by Crippen LogP contribution is -2.31. The van der Waals surface area contributed by atoms with Crippen LogP contribution in [0.5, 0.6) is 0 Å². The van der Waals surface area contributed by atoms with Crippen LogP contribution in [0.1, 0.15) is 24.8 Å². The minimum Gasteiger partial charge on any atom is -0.461 e. The first-order valence-corrected chi connectivity index (χ1v) is 12.4. The van der Waals surface area contributed by atoms with Gasteiger partial charge in [0.05, 0.1) is 24.2 Å². The SMILES string of the molecule is O=C(CSc1nnc(-c2ccco2)n1Cc1ccccc1)Nc1cccnc1N1CCCCC1. The topological polar surface area (TPSA) is 89.1 Å². The minimum absolute atomic E-state index is 0.106. The third kappa shape index (κ3) is 5.14. The average molecular weight is 475 g/mol. The third-order valence-corrected chi connectivity index (χ3v) is 6.66. The van der Waals surface area contributed by atoms with E-state index in [4.69, 9.17) is 4.42 Å². The molecule has 4 aromatic rings. The summed E-state index contributed by atoms with van der Waals surface area (Å²) in [6.45, 7) is 2.51. The molecule has 9 heteroatoms. The molecule has 0 unspecified atom stereocenters. The van der Waals surface area contributed by atoms with Crippen molar-refractivity contribution in [3.05, 3.63) is 72.6 Å². The summed E-state index contributed by atoms with van der Waals surface area (Å²) in [5.41, 5.74) is 1.86. The largest absolute Gasteiger partial charge is 0.461 e. The van der Waals surface area contributed by atoms with E-state index in [1.165, 1.54) is 18.2 Å². The summed E-state index contributed by atoms with van der Waals surface area (Å²) in [6.07, 6.45) is 6.93. The number of amides is 1. The molecule has 0 saturated carbocycles. The fraction of sp³-hybridized carbons (Fsp3) is 0.280. The Morgan fingerprint density at radius 3 is 2.65 bits per heavy atom. The number of aromatic nitrogens is 4.